The van der Waals surface area contributed by atoms with E-state index in [1.807, 2.05) is 61.5 Å². The standard InChI is InChI=1S/C17H15NO2/c1-12-5-4-6-13(9-12)11-20-17(19)16-10-14-7-2-3-8-15(14)18-16/h2-10,18H,11H2,1H3. The molecule has 3 aromatic rings. The molecule has 2 aromatic carbocycles. The minimum Gasteiger partial charge on any atom is -0.456 e. The Morgan fingerprint density at radius 1 is 1.10 bits per heavy atom. The van der Waals surface area contributed by atoms with Crippen molar-refractivity contribution in [3.8, 4) is 0 Å². The summed E-state index contributed by atoms with van der Waals surface area (Å²) in [6, 6.07) is 17.5. The molecule has 0 aliphatic rings. The smallest absolute Gasteiger partial charge is 0.355 e. The van der Waals surface area contributed by atoms with Gasteiger partial charge in [-0.05, 0) is 24.6 Å². The molecule has 3 rings (SSSR count). The van der Waals surface area contributed by atoms with Gasteiger partial charge < -0.3 is 9.72 Å². The van der Waals surface area contributed by atoms with E-state index in [2.05, 4.69) is 4.98 Å². The molecule has 0 atom stereocenters. The van der Waals surface area contributed by atoms with Gasteiger partial charge in [-0.2, -0.15) is 0 Å². The first kappa shape index (κ1) is 12.5. The van der Waals surface area contributed by atoms with Crippen molar-refractivity contribution in [2.75, 3.05) is 0 Å². The van der Waals surface area contributed by atoms with Gasteiger partial charge in [-0.3, -0.25) is 0 Å². The highest BCUT2D eigenvalue weighted by atomic mass is 16.5. The molecule has 0 bridgehead atoms. The van der Waals surface area contributed by atoms with E-state index in [1.165, 1.54) is 0 Å². The number of aromatic amines is 1. The Bertz CT molecular complexity index is 725. The number of aromatic nitrogens is 1. The normalized spacial score (nSPS) is 10.7. The highest BCUT2D eigenvalue weighted by Crippen LogP contribution is 2.16. The van der Waals surface area contributed by atoms with Gasteiger partial charge in [0.2, 0.25) is 0 Å². The third-order valence-corrected chi connectivity index (χ3v) is 3.20. The number of para-hydroxylation sites is 1. The Morgan fingerprint density at radius 3 is 2.75 bits per heavy atom. The molecular weight excluding hydrogens is 250 g/mol. The summed E-state index contributed by atoms with van der Waals surface area (Å²) >= 11 is 0. The number of nitrogens with one attached hydrogen (secondary N) is 1. The number of H-pyrrole nitrogens is 1. The zero-order chi connectivity index (χ0) is 13.9. The first-order valence-electron chi connectivity index (χ1n) is 6.53. The number of hydrogen-bond acceptors (Lipinski definition) is 2. The van der Waals surface area contributed by atoms with E-state index in [9.17, 15) is 4.79 Å². The molecule has 0 aliphatic heterocycles. The van der Waals surface area contributed by atoms with Crippen molar-refractivity contribution in [3.05, 3.63) is 71.4 Å². The first-order chi connectivity index (χ1) is 9.72. The van der Waals surface area contributed by atoms with Crippen molar-refractivity contribution in [3.63, 3.8) is 0 Å². The third-order valence-electron chi connectivity index (χ3n) is 3.20. The monoisotopic (exact) mass is 265 g/mol. The number of carbonyl (C=O) groups excluding carboxylic acids is 1. The van der Waals surface area contributed by atoms with E-state index < -0.39 is 0 Å². The Kier molecular flexibility index (Phi) is 3.25. The fourth-order valence-electron chi connectivity index (χ4n) is 2.21. The Morgan fingerprint density at radius 2 is 1.95 bits per heavy atom. The van der Waals surface area contributed by atoms with E-state index in [4.69, 9.17) is 4.74 Å². The van der Waals surface area contributed by atoms with Crippen molar-refractivity contribution in [2.45, 2.75) is 13.5 Å². The maximum atomic E-state index is 12.0. The number of ether oxygens (including phenoxy) is 1. The van der Waals surface area contributed by atoms with Crippen LogP contribution in [-0.4, -0.2) is 11.0 Å². The average molecular weight is 265 g/mol. The summed E-state index contributed by atoms with van der Waals surface area (Å²) in [7, 11) is 0. The quantitative estimate of drug-likeness (QED) is 0.731. The van der Waals surface area contributed by atoms with Crippen molar-refractivity contribution in [1.82, 2.24) is 4.98 Å². The molecule has 1 heterocycles. The summed E-state index contributed by atoms with van der Waals surface area (Å²) in [5.74, 6) is -0.331. The summed E-state index contributed by atoms with van der Waals surface area (Å²) in [5.41, 5.74) is 3.58. The molecule has 0 spiro atoms. The lowest BCUT2D eigenvalue weighted by Crippen LogP contribution is -2.05. The van der Waals surface area contributed by atoms with Crippen LogP contribution in [0.15, 0.2) is 54.6 Å². The molecular formula is C17H15NO2. The van der Waals surface area contributed by atoms with Gasteiger partial charge in [0.1, 0.15) is 12.3 Å². The molecule has 3 heteroatoms. The van der Waals surface area contributed by atoms with Crippen LogP contribution in [0.2, 0.25) is 0 Å². The van der Waals surface area contributed by atoms with Crippen molar-refractivity contribution < 1.29 is 9.53 Å². The van der Waals surface area contributed by atoms with Gasteiger partial charge in [0.25, 0.3) is 0 Å². The topological polar surface area (TPSA) is 42.1 Å². The molecule has 3 nitrogen and oxygen atoms in total. The second-order valence-corrected chi connectivity index (χ2v) is 4.84. The van der Waals surface area contributed by atoms with Crippen molar-refractivity contribution >= 4 is 16.9 Å². The number of rotatable bonds is 3. The molecule has 0 amide bonds. The molecule has 0 saturated heterocycles. The predicted molar refractivity (Wildman–Crippen MR) is 78.6 cm³/mol. The second kappa shape index (κ2) is 5.21. The second-order valence-electron chi connectivity index (χ2n) is 4.84. The molecule has 0 unspecified atom stereocenters. The molecule has 100 valence electrons. The number of benzene rings is 2. The van der Waals surface area contributed by atoms with Gasteiger partial charge in [-0.1, -0.05) is 48.0 Å². The molecule has 0 saturated carbocycles. The summed E-state index contributed by atoms with van der Waals surface area (Å²) in [6.07, 6.45) is 0. The molecule has 0 fully saturated rings. The third kappa shape index (κ3) is 2.57. The van der Waals surface area contributed by atoms with Crippen LogP contribution < -0.4 is 0 Å². The van der Waals surface area contributed by atoms with Crippen LogP contribution in [0.5, 0.6) is 0 Å². The van der Waals surface area contributed by atoms with Gasteiger partial charge in [0.05, 0.1) is 0 Å². The van der Waals surface area contributed by atoms with Crippen LogP contribution in [0, 0.1) is 6.92 Å². The summed E-state index contributed by atoms with van der Waals surface area (Å²) in [6.45, 7) is 2.30. The molecule has 1 N–H and O–H groups in total. The molecule has 0 radical (unpaired) electrons. The summed E-state index contributed by atoms with van der Waals surface area (Å²) in [5, 5.41) is 1.01. The Balaban J connectivity index is 1.73. The maximum absolute atomic E-state index is 12.0. The van der Waals surface area contributed by atoms with E-state index in [-0.39, 0.29) is 12.6 Å². The first-order valence-corrected chi connectivity index (χ1v) is 6.53. The fourth-order valence-corrected chi connectivity index (χ4v) is 2.21. The van der Waals surface area contributed by atoms with E-state index in [1.54, 1.807) is 0 Å². The van der Waals surface area contributed by atoms with E-state index >= 15 is 0 Å². The number of hydrogen-bond donors (Lipinski definition) is 1. The van der Waals surface area contributed by atoms with Gasteiger partial charge in [0, 0.05) is 10.9 Å². The zero-order valence-electron chi connectivity index (χ0n) is 11.2. The van der Waals surface area contributed by atoms with Crippen molar-refractivity contribution in [1.29, 1.82) is 0 Å². The van der Waals surface area contributed by atoms with Crippen LogP contribution in [0.3, 0.4) is 0 Å². The van der Waals surface area contributed by atoms with Crippen LogP contribution in [0.25, 0.3) is 10.9 Å². The van der Waals surface area contributed by atoms with Gasteiger partial charge in [0.15, 0.2) is 0 Å². The summed E-state index contributed by atoms with van der Waals surface area (Å²) in [4.78, 5) is 15.1. The number of aryl methyl sites for hydroxylation is 1. The Hall–Kier alpha value is -2.55. The predicted octanol–water partition coefficient (Wildman–Crippen LogP) is 3.83. The lowest BCUT2D eigenvalue weighted by atomic mass is 10.1. The number of fused-ring (bicyclic) bond motifs is 1. The van der Waals surface area contributed by atoms with Gasteiger partial charge in [-0.15, -0.1) is 0 Å². The molecule has 0 aliphatic carbocycles. The van der Waals surface area contributed by atoms with Gasteiger partial charge in [-0.25, -0.2) is 4.79 Å². The van der Waals surface area contributed by atoms with Crippen molar-refractivity contribution in [2.24, 2.45) is 0 Å². The summed E-state index contributed by atoms with van der Waals surface area (Å²) < 4.78 is 5.33. The SMILES string of the molecule is Cc1cccc(COC(=O)c2cc3ccccc3[nH]2)c1. The lowest BCUT2D eigenvalue weighted by Gasteiger charge is -2.04. The average Bonchev–Trinajstić information content (AvgIpc) is 2.89. The molecule has 1 aromatic heterocycles. The van der Waals surface area contributed by atoms with Crippen LogP contribution in [0.4, 0.5) is 0 Å². The van der Waals surface area contributed by atoms with E-state index in [0.29, 0.717) is 5.69 Å². The fraction of sp³-hybridized carbons (Fsp3) is 0.118. The minimum atomic E-state index is -0.331. The largest absolute Gasteiger partial charge is 0.456 e. The maximum Gasteiger partial charge on any atom is 0.355 e. The lowest BCUT2D eigenvalue weighted by molar-refractivity contribution is 0.0467. The van der Waals surface area contributed by atoms with E-state index in [0.717, 1.165) is 22.0 Å². The number of esters is 1. The van der Waals surface area contributed by atoms with Crippen LogP contribution in [-0.2, 0) is 11.3 Å². The van der Waals surface area contributed by atoms with Crippen LogP contribution in [0.1, 0.15) is 21.6 Å². The minimum absolute atomic E-state index is 0.288. The van der Waals surface area contributed by atoms with Crippen LogP contribution >= 0.6 is 0 Å². The highest BCUT2D eigenvalue weighted by Gasteiger charge is 2.10. The highest BCUT2D eigenvalue weighted by molar-refractivity contribution is 5.94. The Labute approximate surface area is 117 Å². The van der Waals surface area contributed by atoms with Gasteiger partial charge >= 0.3 is 5.97 Å². The zero-order valence-corrected chi connectivity index (χ0v) is 11.2. The molecule has 20 heavy (non-hydrogen) atoms. The number of carbonyl (C=O) groups is 1.